The molecule has 0 aliphatic carbocycles. The quantitative estimate of drug-likeness (QED) is 0.704. The Morgan fingerprint density at radius 2 is 2.10 bits per heavy atom. The van der Waals surface area contributed by atoms with Gasteiger partial charge >= 0.3 is 0 Å². The van der Waals surface area contributed by atoms with Crippen molar-refractivity contribution >= 4 is 11.8 Å². The van der Waals surface area contributed by atoms with Gasteiger partial charge in [-0.15, -0.1) is 0 Å². The van der Waals surface area contributed by atoms with E-state index in [0.29, 0.717) is 5.56 Å². The Bertz CT molecular complexity index is 588. The first-order chi connectivity index (χ1) is 9.93. The highest BCUT2D eigenvalue weighted by Crippen LogP contribution is 2.09. The largest absolute Gasteiger partial charge is 0.384 e. The van der Waals surface area contributed by atoms with Crippen molar-refractivity contribution in [2.24, 2.45) is 0 Å². The number of amides is 2. The number of hydrogen-bond donors (Lipinski definition) is 3. The molecule has 0 aliphatic rings. The van der Waals surface area contributed by atoms with Gasteiger partial charge in [-0.25, -0.2) is 4.39 Å². The van der Waals surface area contributed by atoms with E-state index in [0.717, 1.165) is 6.07 Å². The second-order valence-corrected chi connectivity index (χ2v) is 4.56. The number of rotatable bonds is 4. The van der Waals surface area contributed by atoms with Gasteiger partial charge in [0.2, 0.25) is 5.91 Å². The van der Waals surface area contributed by atoms with E-state index in [4.69, 9.17) is 5.11 Å². The highest BCUT2D eigenvalue weighted by atomic mass is 19.1. The molecule has 0 spiro atoms. The van der Waals surface area contributed by atoms with Crippen LogP contribution in [0.5, 0.6) is 0 Å². The predicted octanol–water partition coefficient (Wildman–Crippen LogP) is 0.424. The van der Waals surface area contributed by atoms with Crippen LogP contribution in [0.15, 0.2) is 18.2 Å². The number of aliphatic hydroxyl groups is 1. The molecule has 1 rings (SSSR count). The maximum atomic E-state index is 13.8. The molecule has 3 N–H and O–H groups in total. The van der Waals surface area contributed by atoms with Gasteiger partial charge in [0.15, 0.2) is 0 Å². The summed E-state index contributed by atoms with van der Waals surface area (Å²) in [5, 5.41) is 13.5. The molecule has 5 nitrogen and oxygen atoms in total. The summed E-state index contributed by atoms with van der Waals surface area (Å²) >= 11 is 0. The summed E-state index contributed by atoms with van der Waals surface area (Å²) in [5.74, 6) is 3.17. The van der Waals surface area contributed by atoms with Crippen LogP contribution in [-0.2, 0) is 4.79 Å². The lowest BCUT2D eigenvalue weighted by Crippen LogP contribution is -2.40. The third-order valence-corrected chi connectivity index (χ3v) is 2.38. The molecule has 1 aromatic rings. The molecular formula is C15H17FN2O3. The maximum Gasteiger partial charge on any atom is 0.254 e. The first kappa shape index (κ1) is 16.7. The Labute approximate surface area is 122 Å². The zero-order chi connectivity index (χ0) is 15.8. The highest BCUT2D eigenvalue weighted by molar-refractivity contribution is 5.96. The molecule has 0 heterocycles. The van der Waals surface area contributed by atoms with Crippen molar-refractivity contribution in [3.05, 3.63) is 35.1 Å². The Balaban J connectivity index is 2.68. The molecule has 21 heavy (non-hydrogen) atoms. The second-order valence-electron chi connectivity index (χ2n) is 4.56. The van der Waals surface area contributed by atoms with Gasteiger partial charge in [-0.2, -0.15) is 0 Å². The molecule has 0 bridgehead atoms. The summed E-state index contributed by atoms with van der Waals surface area (Å²) in [7, 11) is 0. The summed E-state index contributed by atoms with van der Waals surface area (Å²) in [6, 6.07) is 3.82. The SMILES string of the molecule is CC(C)NC(=O)CNC(=O)c1ccc(C#CCO)cc1F. The number of benzene rings is 1. The van der Waals surface area contributed by atoms with Crippen LogP contribution < -0.4 is 10.6 Å². The van der Waals surface area contributed by atoms with Gasteiger partial charge in [0, 0.05) is 11.6 Å². The third-order valence-electron chi connectivity index (χ3n) is 2.38. The summed E-state index contributed by atoms with van der Waals surface area (Å²) in [6.45, 7) is 3.05. The molecule has 1 aromatic carbocycles. The molecule has 112 valence electrons. The average Bonchev–Trinajstić information content (AvgIpc) is 2.42. The van der Waals surface area contributed by atoms with Gasteiger partial charge in [0.05, 0.1) is 12.1 Å². The van der Waals surface area contributed by atoms with Crippen molar-refractivity contribution in [3.8, 4) is 11.8 Å². The smallest absolute Gasteiger partial charge is 0.254 e. The Hall–Kier alpha value is -2.39. The topological polar surface area (TPSA) is 78.4 Å². The van der Waals surface area contributed by atoms with Crippen LogP contribution in [0.3, 0.4) is 0 Å². The van der Waals surface area contributed by atoms with E-state index in [-0.39, 0.29) is 30.7 Å². The molecule has 0 aromatic heterocycles. The molecule has 0 saturated carbocycles. The lowest BCUT2D eigenvalue weighted by atomic mass is 10.1. The summed E-state index contributed by atoms with van der Waals surface area (Å²) in [4.78, 5) is 23.2. The Kier molecular flexibility index (Phi) is 6.37. The van der Waals surface area contributed by atoms with Gasteiger partial charge in [-0.05, 0) is 32.0 Å². The van der Waals surface area contributed by atoms with Crippen molar-refractivity contribution in [2.45, 2.75) is 19.9 Å². The highest BCUT2D eigenvalue weighted by Gasteiger charge is 2.13. The van der Waals surface area contributed by atoms with Gasteiger partial charge in [-0.3, -0.25) is 9.59 Å². The van der Waals surface area contributed by atoms with Crippen molar-refractivity contribution < 1.29 is 19.1 Å². The van der Waals surface area contributed by atoms with E-state index in [2.05, 4.69) is 22.5 Å². The molecular weight excluding hydrogens is 275 g/mol. The van der Waals surface area contributed by atoms with Gasteiger partial charge in [0.1, 0.15) is 12.4 Å². The fourth-order valence-corrected chi connectivity index (χ4v) is 1.55. The number of nitrogens with one attached hydrogen (secondary N) is 2. The number of carbonyl (C=O) groups is 2. The second kappa shape index (κ2) is 8.02. The molecule has 0 fully saturated rings. The van der Waals surface area contributed by atoms with Crippen molar-refractivity contribution in [1.29, 1.82) is 0 Å². The lowest BCUT2D eigenvalue weighted by molar-refractivity contribution is -0.120. The van der Waals surface area contributed by atoms with Crippen LogP contribution in [0.25, 0.3) is 0 Å². The fourth-order valence-electron chi connectivity index (χ4n) is 1.55. The maximum absolute atomic E-state index is 13.8. The van der Waals surface area contributed by atoms with Crippen LogP contribution in [0.2, 0.25) is 0 Å². The summed E-state index contributed by atoms with van der Waals surface area (Å²) in [6.07, 6.45) is 0. The summed E-state index contributed by atoms with van der Waals surface area (Å²) < 4.78 is 13.8. The van der Waals surface area contributed by atoms with E-state index in [1.54, 1.807) is 13.8 Å². The van der Waals surface area contributed by atoms with Gasteiger partial charge in [0.25, 0.3) is 5.91 Å². The normalized spacial score (nSPS) is 9.76. The van der Waals surface area contributed by atoms with E-state index >= 15 is 0 Å². The van der Waals surface area contributed by atoms with E-state index in [1.807, 2.05) is 0 Å². The molecule has 6 heteroatoms. The molecule has 0 aliphatic heterocycles. The number of halogens is 1. The minimum Gasteiger partial charge on any atom is -0.384 e. The minimum atomic E-state index is -0.735. The summed E-state index contributed by atoms with van der Waals surface area (Å²) in [5.41, 5.74) is 0.192. The predicted molar refractivity (Wildman–Crippen MR) is 76.0 cm³/mol. The number of carbonyl (C=O) groups excluding carboxylic acids is 2. The van der Waals surface area contributed by atoms with Crippen LogP contribution in [0.1, 0.15) is 29.8 Å². The first-order valence-electron chi connectivity index (χ1n) is 6.41. The fraction of sp³-hybridized carbons (Fsp3) is 0.333. The van der Waals surface area contributed by atoms with Crippen molar-refractivity contribution in [1.82, 2.24) is 10.6 Å². The average molecular weight is 292 g/mol. The van der Waals surface area contributed by atoms with Crippen LogP contribution in [0.4, 0.5) is 4.39 Å². The van der Waals surface area contributed by atoms with Crippen LogP contribution in [-0.4, -0.2) is 36.1 Å². The van der Waals surface area contributed by atoms with Gasteiger partial charge < -0.3 is 15.7 Å². The van der Waals surface area contributed by atoms with E-state index in [9.17, 15) is 14.0 Å². The van der Waals surface area contributed by atoms with E-state index in [1.165, 1.54) is 12.1 Å². The van der Waals surface area contributed by atoms with Crippen molar-refractivity contribution in [2.75, 3.05) is 13.2 Å². The molecule has 0 saturated heterocycles. The first-order valence-corrected chi connectivity index (χ1v) is 6.41. The van der Waals surface area contributed by atoms with Crippen LogP contribution in [0, 0.1) is 17.7 Å². The molecule has 0 radical (unpaired) electrons. The molecule has 2 amide bonds. The zero-order valence-corrected chi connectivity index (χ0v) is 11.9. The minimum absolute atomic E-state index is 0.0319. The number of aliphatic hydroxyl groups excluding tert-OH is 1. The van der Waals surface area contributed by atoms with Crippen LogP contribution >= 0.6 is 0 Å². The third kappa shape index (κ3) is 5.63. The number of hydrogen-bond acceptors (Lipinski definition) is 3. The van der Waals surface area contributed by atoms with Crippen molar-refractivity contribution in [3.63, 3.8) is 0 Å². The Morgan fingerprint density at radius 3 is 2.67 bits per heavy atom. The molecule has 0 unspecified atom stereocenters. The van der Waals surface area contributed by atoms with Gasteiger partial charge in [-0.1, -0.05) is 11.8 Å². The monoisotopic (exact) mass is 292 g/mol. The zero-order valence-electron chi connectivity index (χ0n) is 11.9. The lowest BCUT2D eigenvalue weighted by Gasteiger charge is -2.09. The Morgan fingerprint density at radius 1 is 1.38 bits per heavy atom. The van der Waals surface area contributed by atoms with E-state index < -0.39 is 11.7 Å². The standard InChI is InChI=1S/C15H17FN2O3/c1-10(2)18-14(20)9-17-15(21)12-6-5-11(4-3-7-19)8-13(12)16/h5-6,8,10,19H,7,9H2,1-2H3,(H,17,21)(H,18,20). The molecule has 0 atom stereocenters.